The van der Waals surface area contributed by atoms with Crippen molar-refractivity contribution >= 4 is 28.5 Å². The molecule has 0 aliphatic heterocycles. The molecule has 0 saturated carbocycles. The Kier molecular flexibility index (Phi) is 3.18. The molecule has 0 aliphatic rings. The number of carbonyl (C=O) groups is 1. The first-order chi connectivity index (χ1) is 10.4. The summed E-state index contributed by atoms with van der Waals surface area (Å²) < 4.78 is 32.9. The van der Waals surface area contributed by atoms with Crippen molar-refractivity contribution in [3.63, 3.8) is 0 Å². The standard InChI is InChI=1S/C13H5ClF2N2O4/c14-10-9-7(3-6(15)11(10)16)18(8-1-2-22-17-8)4-5(12(9)19)13(20)21/h1-4H,(H,20,21). The summed E-state index contributed by atoms with van der Waals surface area (Å²) in [7, 11) is 0. The van der Waals surface area contributed by atoms with Gasteiger partial charge in [-0.3, -0.25) is 9.36 Å². The van der Waals surface area contributed by atoms with Crippen LogP contribution in [0.3, 0.4) is 0 Å². The van der Waals surface area contributed by atoms with Crippen molar-refractivity contribution < 1.29 is 23.2 Å². The zero-order valence-electron chi connectivity index (χ0n) is 10.5. The third-order valence-corrected chi connectivity index (χ3v) is 3.39. The number of aromatic nitrogens is 2. The largest absolute Gasteiger partial charge is 0.477 e. The molecule has 0 atom stereocenters. The van der Waals surface area contributed by atoms with Crippen LogP contribution in [0.4, 0.5) is 8.78 Å². The quantitative estimate of drug-likeness (QED) is 0.732. The molecule has 9 heteroatoms. The number of carboxylic acid groups (broad SMARTS) is 1. The Balaban J connectivity index is 2.58. The first-order valence-corrected chi connectivity index (χ1v) is 6.16. The maximum atomic E-state index is 13.6. The first-order valence-electron chi connectivity index (χ1n) is 5.78. The molecule has 3 aromatic rings. The highest BCUT2D eigenvalue weighted by Crippen LogP contribution is 2.28. The van der Waals surface area contributed by atoms with Crippen LogP contribution in [0.25, 0.3) is 16.7 Å². The molecule has 0 bridgehead atoms. The van der Waals surface area contributed by atoms with Gasteiger partial charge in [0, 0.05) is 18.3 Å². The van der Waals surface area contributed by atoms with Crippen LogP contribution in [-0.4, -0.2) is 20.8 Å². The lowest BCUT2D eigenvalue weighted by Gasteiger charge is -2.11. The topological polar surface area (TPSA) is 85.3 Å². The minimum atomic E-state index is -1.54. The number of fused-ring (bicyclic) bond motifs is 1. The van der Waals surface area contributed by atoms with E-state index in [0.29, 0.717) is 0 Å². The molecule has 2 aromatic heterocycles. The summed E-state index contributed by atoms with van der Waals surface area (Å²) in [6.45, 7) is 0. The third-order valence-electron chi connectivity index (χ3n) is 3.03. The maximum Gasteiger partial charge on any atom is 0.341 e. The fraction of sp³-hybridized carbons (Fsp3) is 0. The van der Waals surface area contributed by atoms with Crippen LogP contribution in [0.2, 0.25) is 5.02 Å². The fourth-order valence-electron chi connectivity index (χ4n) is 2.05. The Hall–Kier alpha value is -2.74. The summed E-state index contributed by atoms with van der Waals surface area (Å²) >= 11 is 5.68. The zero-order valence-corrected chi connectivity index (χ0v) is 11.3. The number of aromatic carboxylic acids is 1. The Labute approximate surface area is 125 Å². The predicted molar refractivity (Wildman–Crippen MR) is 71.5 cm³/mol. The normalized spacial score (nSPS) is 11.0. The number of benzene rings is 1. The van der Waals surface area contributed by atoms with Gasteiger partial charge in [-0.25, -0.2) is 13.6 Å². The molecule has 22 heavy (non-hydrogen) atoms. The summed E-state index contributed by atoms with van der Waals surface area (Å²) in [5.41, 5.74) is -1.82. The van der Waals surface area contributed by atoms with Crippen LogP contribution < -0.4 is 5.43 Å². The van der Waals surface area contributed by atoms with Crippen molar-refractivity contribution in [3.05, 3.63) is 57.0 Å². The van der Waals surface area contributed by atoms with Crippen LogP contribution in [0.1, 0.15) is 10.4 Å². The summed E-state index contributed by atoms with van der Waals surface area (Å²) in [5.74, 6) is -4.17. The Morgan fingerprint density at radius 2 is 2.14 bits per heavy atom. The second-order valence-corrected chi connectivity index (χ2v) is 4.66. The van der Waals surface area contributed by atoms with E-state index < -0.39 is 39.0 Å². The molecule has 1 N–H and O–H groups in total. The molecule has 0 radical (unpaired) electrons. The molecule has 112 valence electrons. The number of pyridine rings is 1. The van der Waals surface area contributed by atoms with Crippen molar-refractivity contribution in [2.75, 3.05) is 0 Å². The second-order valence-electron chi connectivity index (χ2n) is 4.29. The van der Waals surface area contributed by atoms with Crippen LogP contribution in [0.5, 0.6) is 0 Å². The van der Waals surface area contributed by atoms with E-state index in [2.05, 4.69) is 9.68 Å². The van der Waals surface area contributed by atoms with Gasteiger partial charge in [0.1, 0.15) is 11.8 Å². The highest BCUT2D eigenvalue weighted by atomic mass is 35.5. The van der Waals surface area contributed by atoms with E-state index in [1.165, 1.54) is 12.3 Å². The Morgan fingerprint density at radius 1 is 1.41 bits per heavy atom. The molecule has 0 aliphatic carbocycles. The van der Waals surface area contributed by atoms with Crippen molar-refractivity contribution in [2.24, 2.45) is 0 Å². The highest BCUT2D eigenvalue weighted by Gasteiger charge is 2.22. The minimum Gasteiger partial charge on any atom is -0.477 e. The van der Waals surface area contributed by atoms with Crippen molar-refractivity contribution in [3.8, 4) is 5.82 Å². The van der Waals surface area contributed by atoms with E-state index in [-0.39, 0.29) is 11.3 Å². The molecule has 0 spiro atoms. The van der Waals surface area contributed by atoms with Gasteiger partial charge >= 0.3 is 5.97 Å². The van der Waals surface area contributed by atoms with Crippen molar-refractivity contribution in [1.29, 1.82) is 0 Å². The first kappa shape index (κ1) is 14.2. The molecule has 0 fully saturated rings. The van der Waals surface area contributed by atoms with Gasteiger partial charge in [0.2, 0.25) is 5.43 Å². The monoisotopic (exact) mass is 326 g/mol. The molecule has 1 aromatic carbocycles. The van der Waals surface area contributed by atoms with E-state index in [1.54, 1.807) is 0 Å². The van der Waals surface area contributed by atoms with Crippen LogP contribution in [0.15, 0.2) is 33.9 Å². The number of nitrogens with zero attached hydrogens (tertiary/aromatic N) is 2. The van der Waals surface area contributed by atoms with E-state index in [1.807, 2.05) is 0 Å². The molecular formula is C13H5ClF2N2O4. The number of halogens is 3. The molecule has 0 amide bonds. The van der Waals surface area contributed by atoms with Gasteiger partial charge in [-0.2, -0.15) is 0 Å². The summed E-state index contributed by atoms with van der Waals surface area (Å²) in [4.78, 5) is 23.3. The lowest BCUT2D eigenvalue weighted by Crippen LogP contribution is -2.19. The Morgan fingerprint density at radius 3 is 2.73 bits per heavy atom. The molecule has 6 nitrogen and oxygen atoms in total. The lowest BCUT2D eigenvalue weighted by atomic mass is 10.1. The number of rotatable bonds is 2. The van der Waals surface area contributed by atoms with Gasteiger partial charge < -0.3 is 9.63 Å². The van der Waals surface area contributed by atoms with Crippen LogP contribution in [0, 0.1) is 11.6 Å². The van der Waals surface area contributed by atoms with Gasteiger partial charge in [-0.1, -0.05) is 16.8 Å². The van der Waals surface area contributed by atoms with Crippen LogP contribution >= 0.6 is 11.6 Å². The summed E-state index contributed by atoms with van der Waals surface area (Å²) in [6.07, 6.45) is 2.14. The second kappa shape index (κ2) is 4.92. The van der Waals surface area contributed by atoms with E-state index in [0.717, 1.165) is 16.8 Å². The van der Waals surface area contributed by atoms with Gasteiger partial charge in [0.25, 0.3) is 0 Å². The fourth-order valence-corrected chi connectivity index (χ4v) is 2.33. The minimum absolute atomic E-state index is 0.0783. The maximum absolute atomic E-state index is 13.6. The Bertz CT molecular complexity index is 967. The summed E-state index contributed by atoms with van der Waals surface area (Å²) in [6, 6.07) is 2.09. The molecular weight excluding hydrogens is 322 g/mol. The summed E-state index contributed by atoms with van der Waals surface area (Å²) in [5, 5.41) is 11.4. The predicted octanol–water partition coefficient (Wildman–Crippen LogP) is 2.61. The van der Waals surface area contributed by atoms with Crippen molar-refractivity contribution in [2.45, 2.75) is 0 Å². The molecule has 3 rings (SSSR count). The van der Waals surface area contributed by atoms with E-state index >= 15 is 0 Å². The average molecular weight is 327 g/mol. The van der Waals surface area contributed by atoms with E-state index in [9.17, 15) is 18.4 Å². The molecule has 0 saturated heterocycles. The lowest BCUT2D eigenvalue weighted by molar-refractivity contribution is 0.0695. The van der Waals surface area contributed by atoms with E-state index in [4.69, 9.17) is 16.7 Å². The number of carboxylic acids is 1. The van der Waals surface area contributed by atoms with Gasteiger partial charge in [-0.15, -0.1) is 0 Å². The smallest absolute Gasteiger partial charge is 0.341 e. The van der Waals surface area contributed by atoms with Crippen molar-refractivity contribution in [1.82, 2.24) is 9.72 Å². The van der Waals surface area contributed by atoms with Gasteiger partial charge in [-0.05, 0) is 0 Å². The third kappa shape index (κ3) is 1.96. The van der Waals surface area contributed by atoms with Gasteiger partial charge in [0.05, 0.1) is 15.9 Å². The number of hydrogen-bond donors (Lipinski definition) is 1. The molecule has 0 unspecified atom stereocenters. The number of hydrogen-bond acceptors (Lipinski definition) is 4. The highest BCUT2D eigenvalue weighted by molar-refractivity contribution is 6.35. The van der Waals surface area contributed by atoms with Gasteiger partial charge in [0.15, 0.2) is 17.5 Å². The molecule has 2 heterocycles. The zero-order chi connectivity index (χ0) is 16.0. The van der Waals surface area contributed by atoms with Crippen LogP contribution in [-0.2, 0) is 0 Å². The SMILES string of the molecule is O=C(O)c1cn(-c2ccon2)c2cc(F)c(F)c(Cl)c2c1=O. The average Bonchev–Trinajstić information content (AvgIpc) is 2.98.